The Morgan fingerprint density at radius 3 is 1.71 bits per heavy atom. The minimum Gasteiger partial charge on any atom is -0.253 e. The van der Waals surface area contributed by atoms with Crippen LogP contribution in [-0.2, 0) is 12.8 Å². The van der Waals surface area contributed by atoms with Gasteiger partial charge < -0.3 is 0 Å². The Morgan fingerprint density at radius 1 is 0.765 bits per heavy atom. The zero-order valence-corrected chi connectivity index (χ0v) is 10.6. The number of rotatable bonds is 0. The molecule has 0 saturated heterocycles. The van der Waals surface area contributed by atoms with E-state index in [-0.39, 0.29) is 0 Å². The molecule has 88 valence electrons. The van der Waals surface area contributed by atoms with Crippen LogP contribution in [-0.4, -0.2) is 9.97 Å². The van der Waals surface area contributed by atoms with E-state index in [1.54, 1.807) is 23.5 Å². The van der Waals surface area contributed by atoms with Crippen molar-refractivity contribution in [1.29, 1.82) is 0 Å². The maximum absolute atomic E-state index is 4.52. The third-order valence-corrected chi connectivity index (χ3v) is 4.03. The van der Waals surface area contributed by atoms with Gasteiger partial charge >= 0.3 is 0 Å². The fourth-order valence-electron chi connectivity index (χ4n) is 3.08. The SMILES string of the molecule is Cc1c2c(c(C)c3nccnc13)CCCCC2. The standard InChI is InChI=1S/C15H18N2/c1-10-12-6-4-3-5-7-13(12)11(2)15-14(10)16-8-9-17-15/h8-9H,3-7H2,1-2H3. The van der Waals surface area contributed by atoms with Crippen LogP contribution in [0.5, 0.6) is 0 Å². The molecule has 0 atom stereocenters. The van der Waals surface area contributed by atoms with Gasteiger partial charge in [-0.25, -0.2) is 0 Å². The smallest absolute Gasteiger partial charge is 0.0921 e. The average molecular weight is 226 g/mol. The number of aryl methyl sites for hydroxylation is 2. The molecule has 0 saturated carbocycles. The predicted molar refractivity (Wildman–Crippen MR) is 70.3 cm³/mol. The minimum absolute atomic E-state index is 1.10. The summed E-state index contributed by atoms with van der Waals surface area (Å²) >= 11 is 0. The molecule has 0 bridgehead atoms. The van der Waals surface area contributed by atoms with Gasteiger partial charge in [0.1, 0.15) is 0 Å². The minimum atomic E-state index is 1.10. The molecule has 3 rings (SSSR count). The summed E-state index contributed by atoms with van der Waals surface area (Å²) in [5.41, 5.74) is 8.02. The number of hydrogen-bond donors (Lipinski definition) is 0. The number of hydrogen-bond acceptors (Lipinski definition) is 2. The predicted octanol–water partition coefficient (Wildman–Crippen LogP) is 3.52. The quantitative estimate of drug-likeness (QED) is 0.642. The summed E-state index contributed by atoms with van der Waals surface area (Å²) in [5.74, 6) is 0. The Morgan fingerprint density at radius 2 is 1.24 bits per heavy atom. The fourth-order valence-corrected chi connectivity index (χ4v) is 3.08. The highest BCUT2D eigenvalue weighted by atomic mass is 14.8. The lowest BCUT2D eigenvalue weighted by Crippen LogP contribution is -2.02. The molecule has 0 amide bonds. The summed E-state index contributed by atoms with van der Waals surface area (Å²) < 4.78 is 0. The lowest BCUT2D eigenvalue weighted by Gasteiger charge is -2.15. The van der Waals surface area contributed by atoms with Crippen molar-refractivity contribution in [2.24, 2.45) is 0 Å². The summed E-state index contributed by atoms with van der Waals surface area (Å²) in [7, 11) is 0. The van der Waals surface area contributed by atoms with E-state index in [2.05, 4.69) is 23.8 Å². The highest BCUT2D eigenvalue weighted by Crippen LogP contribution is 2.31. The molecule has 2 heteroatoms. The van der Waals surface area contributed by atoms with Crippen LogP contribution in [0.4, 0.5) is 0 Å². The second kappa shape index (κ2) is 4.10. The Hall–Kier alpha value is -1.44. The van der Waals surface area contributed by atoms with Crippen LogP contribution in [0.15, 0.2) is 12.4 Å². The van der Waals surface area contributed by atoms with Crippen LogP contribution in [0.1, 0.15) is 41.5 Å². The van der Waals surface area contributed by atoms with E-state index in [1.807, 2.05) is 0 Å². The largest absolute Gasteiger partial charge is 0.253 e. The van der Waals surface area contributed by atoms with Crippen LogP contribution >= 0.6 is 0 Å². The second-order valence-electron chi connectivity index (χ2n) is 5.02. The summed E-state index contributed by atoms with van der Waals surface area (Å²) in [5, 5.41) is 0. The van der Waals surface area contributed by atoms with Crippen molar-refractivity contribution in [1.82, 2.24) is 9.97 Å². The van der Waals surface area contributed by atoms with E-state index in [9.17, 15) is 0 Å². The van der Waals surface area contributed by atoms with Crippen molar-refractivity contribution in [3.05, 3.63) is 34.6 Å². The van der Waals surface area contributed by atoms with Gasteiger partial charge in [-0.15, -0.1) is 0 Å². The molecule has 0 fully saturated rings. The van der Waals surface area contributed by atoms with Gasteiger partial charge in [0.15, 0.2) is 0 Å². The average Bonchev–Trinajstić information content (AvgIpc) is 2.62. The van der Waals surface area contributed by atoms with Crippen molar-refractivity contribution >= 4 is 11.0 Å². The van der Waals surface area contributed by atoms with Gasteiger partial charge in [0.05, 0.1) is 11.0 Å². The van der Waals surface area contributed by atoms with Crippen molar-refractivity contribution < 1.29 is 0 Å². The first-order valence-electron chi connectivity index (χ1n) is 6.50. The van der Waals surface area contributed by atoms with Crippen LogP contribution in [0.3, 0.4) is 0 Å². The van der Waals surface area contributed by atoms with Crippen molar-refractivity contribution in [2.75, 3.05) is 0 Å². The molecule has 1 aliphatic carbocycles. The highest BCUT2D eigenvalue weighted by molar-refractivity contribution is 5.83. The third kappa shape index (κ3) is 1.63. The Kier molecular flexibility index (Phi) is 2.58. The molecule has 0 radical (unpaired) electrons. The summed E-state index contributed by atoms with van der Waals surface area (Å²) in [6, 6.07) is 0. The van der Waals surface area contributed by atoms with Gasteiger partial charge in [-0.3, -0.25) is 9.97 Å². The summed E-state index contributed by atoms with van der Waals surface area (Å²) in [6.45, 7) is 4.42. The van der Waals surface area contributed by atoms with E-state index < -0.39 is 0 Å². The van der Waals surface area contributed by atoms with Crippen LogP contribution in [0, 0.1) is 13.8 Å². The van der Waals surface area contributed by atoms with Crippen LogP contribution in [0.25, 0.3) is 11.0 Å². The number of benzene rings is 1. The highest BCUT2D eigenvalue weighted by Gasteiger charge is 2.17. The Balaban J connectivity index is 2.38. The monoisotopic (exact) mass is 226 g/mol. The van der Waals surface area contributed by atoms with Gasteiger partial charge in [0.25, 0.3) is 0 Å². The van der Waals surface area contributed by atoms with Gasteiger partial charge in [0.2, 0.25) is 0 Å². The zero-order valence-electron chi connectivity index (χ0n) is 10.6. The normalized spacial score (nSPS) is 15.6. The fraction of sp³-hybridized carbons (Fsp3) is 0.467. The van der Waals surface area contributed by atoms with E-state index in [4.69, 9.17) is 0 Å². The maximum atomic E-state index is 4.52. The van der Waals surface area contributed by atoms with Gasteiger partial charge in [-0.1, -0.05) is 6.42 Å². The first-order chi connectivity index (χ1) is 8.29. The molecule has 0 unspecified atom stereocenters. The Bertz CT molecular complexity index is 522. The van der Waals surface area contributed by atoms with Crippen molar-refractivity contribution in [3.63, 3.8) is 0 Å². The first kappa shape index (κ1) is 10.7. The Labute approximate surface area is 102 Å². The molecule has 17 heavy (non-hydrogen) atoms. The molecular weight excluding hydrogens is 208 g/mol. The molecule has 2 nitrogen and oxygen atoms in total. The lowest BCUT2D eigenvalue weighted by molar-refractivity contribution is 0.710. The van der Waals surface area contributed by atoms with Gasteiger partial charge in [0, 0.05) is 12.4 Å². The second-order valence-corrected chi connectivity index (χ2v) is 5.02. The molecule has 1 aromatic heterocycles. The van der Waals surface area contributed by atoms with Gasteiger partial charge in [-0.2, -0.15) is 0 Å². The first-order valence-corrected chi connectivity index (χ1v) is 6.50. The molecule has 1 heterocycles. The number of fused-ring (bicyclic) bond motifs is 2. The van der Waals surface area contributed by atoms with E-state index in [1.165, 1.54) is 43.2 Å². The van der Waals surface area contributed by atoms with Gasteiger partial charge in [-0.05, 0) is 61.8 Å². The van der Waals surface area contributed by atoms with Crippen molar-refractivity contribution in [2.45, 2.75) is 46.0 Å². The zero-order chi connectivity index (χ0) is 11.8. The molecule has 0 N–H and O–H groups in total. The third-order valence-electron chi connectivity index (χ3n) is 4.03. The number of aromatic nitrogens is 2. The number of nitrogens with zero attached hydrogens (tertiary/aromatic N) is 2. The molecular formula is C15H18N2. The summed E-state index contributed by atoms with van der Waals surface area (Å²) in [6.07, 6.45) is 10.0. The van der Waals surface area contributed by atoms with Crippen LogP contribution < -0.4 is 0 Å². The van der Waals surface area contributed by atoms with Crippen molar-refractivity contribution in [3.8, 4) is 0 Å². The molecule has 0 spiro atoms. The molecule has 2 aromatic rings. The molecule has 1 aliphatic rings. The van der Waals surface area contributed by atoms with E-state index in [0.29, 0.717) is 0 Å². The van der Waals surface area contributed by atoms with E-state index in [0.717, 1.165) is 11.0 Å². The summed E-state index contributed by atoms with van der Waals surface area (Å²) in [4.78, 5) is 9.04. The van der Waals surface area contributed by atoms with E-state index >= 15 is 0 Å². The lowest BCUT2D eigenvalue weighted by atomic mass is 9.92. The molecule has 1 aromatic carbocycles. The molecule has 0 aliphatic heterocycles. The topological polar surface area (TPSA) is 25.8 Å². The maximum Gasteiger partial charge on any atom is 0.0921 e. The van der Waals surface area contributed by atoms with Crippen LogP contribution in [0.2, 0.25) is 0 Å².